The van der Waals surface area contributed by atoms with Gasteiger partial charge in [-0.25, -0.2) is 0 Å². The molecule has 0 saturated carbocycles. The number of nitrogens with one attached hydrogen (secondary N) is 1. The summed E-state index contributed by atoms with van der Waals surface area (Å²) in [4.78, 5) is 11.7. The highest BCUT2D eigenvalue weighted by molar-refractivity contribution is 7.85. The molecule has 0 aliphatic carbocycles. The van der Waals surface area contributed by atoms with Gasteiger partial charge in [0.05, 0.1) is 0 Å². The van der Waals surface area contributed by atoms with E-state index in [1.807, 2.05) is 0 Å². The van der Waals surface area contributed by atoms with Crippen molar-refractivity contribution in [2.45, 2.75) is 25.4 Å². The van der Waals surface area contributed by atoms with Crippen LogP contribution in [0.1, 0.15) is 12.8 Å². The molecule has 7 heteroatoms. The molecule has 0 aromatic carbocycles. The molecule has 1 saturated heterocycles. The van der Waals surface area contributed by atoms with Crippen LogP contribution in [0.4, 0.5) is 5.82 Å². The van der Waals surface area contributed by atoms with E-state index in [-0.39, 0.29) is 18.5 Å². The van der Waals surface area contributed by atoms with Gasteiger partial charge in [0.25, 0.3) is 0 Å². The largest absolute Gasteiger partial charge is 0.382 e. The van der Waals surface area contributed by atoms with Crippen LogP contribution in [0.2, 0.25) is 0 Å². The lowest BCUT2D eigenvalue weighted by atomic mass is 10.1. The van der Waals surface area contributed by atoms with Gasteiger partial charge in [-0.3, -0.25) is 13.7 Å². The Kier molecular flexibility index (Phi) is 3.78. The number of anilines is 1. The minimum Gasteiger partial charge on any atom is -0.382 e. The fourth-order valence-corrected chi connectivity index (χ4v) is 3.12. The van der Waals surface area contributed by atoms with Crippen molar-refractivity contribution in [3.8, 4) is 0 Å². The smallest absolute Gasteiger partial charge is 0.241 e. The summed E-state index contributed by atoms with van der Waals surface area (Å²) in [6.07, 6.45) is 3.25. The third-order valence-corrected chi connectivity index (χ3v) is 4.10. The van der Waals surface area contributed by atoms with E-state index in [9.17, 15) is 9.00 Å². The fourth-order valence-electron chi connectivity index (χ4n) is 1.82. The van der Waals surface area contributed by atoms with Crippen LogP contribution in [0.5, 0.6) is 0 Å². The van der Waals surface area contributed by atoms with Crippen molar-refractivity contribution < 1.29 is 9.00 Å². The van der Waals surface area contributed by atoms with Gasteiger partial charge in [-0.1, -0.05) is 0 Å². The van der Waals surface area contributed by atoms with Gasteiger partial charge in [0.15, 0.2) is 0 Å². The Morgan fingerprint density at radius 1 is 1.59 bits per heavy atom. The summed E-state index contributed by atoms with van der Waals surface area (Å²) in [6.45, 7) is 0.177. The lowest BCUT2D eigenvalue weighted by Crippen LogP contribution is -2.41. The molecule has 17 heavy (non-hydrogen) atoms. The number of nitrogen functional groups attached to an aromatic ring is 1. The number of carbonyl (C=O) groups excluding carboxylic acids is 1. The van der Waals surface area contributed by atoms with Crippen molar-refractivity contribution in [3.63, 3.8) is 0 Å². The summed E-state index contributed by atoms with van der Waals surface area (Å²) in [6, 6.07) is 1.80. The first-order valence-corrected chi connectivity index (χ1v) is 7.05. The predicted octanol–water partition coefficient (Wildman–Crippen LogP) is -0.507. The van der Waals surface area contributed by atoms with E-state index in [0.29, 0.717) is 17.3 Å². The Bertz CT molecular complexity index is 422. The SMILES string of the molecule is Nc1ccn(CC(=O)NC2CCS(=O)CC2)n1. The van der Waals surface area contributed by atoms with Crippen LogP contribution >= 0.6 is 0 Å². The van der Waals surface area contributed by atoms with Crippen LogP contribution in [-0.2, 0) is 22.1 Å². The van der Waals surface area contributed by atoms with E-state index in [0.717, 1.165) is 12.8 Å². The van der Waals surface area contributed by atoms with Gasteiger partial charge < -0.3 is 11.1 Å². The molecule has 1 aromatic rings. The molecule has 1 aromatic heterocycles. The first kappa shape index (κ1) is 12.1. The average molecular weight is 256 g/mol. The van der Waals surface area contributed by atoms with E-state index < -0.39 is 10.8 Å². The van der Waals surface area contributed by atoms with Crippen LogP contribution in [0.15, 0.2) is 12.3 Å². The summed E-state index contributed by atoms with van der Waals surface area (Å²) in [7, 11) is -0.696. The maximum Gasteiger partial charge on any atom is 0.241 e. The first-order valence-electron chi connectivity index (χ1n) is 5.57. The molecule has 0 radical (unpaired) electrons. The highest BCUT2D eigenvalue weighted by Gasteiger charge is 2.19. The molecule has 0 spiro atoms. The Balaban J connectivity index is 1.79. The molecule has 1 aliphatic rings. The second-order valence-corrected chi connectivity index (χ2v) is 5.82. The average Bonchev–Trinajstić information content (AvgIpc) is 2.67. The second-order valence-electron chi connectivity index (χ2n) is 4.13. The number of amides is 1. The van der Waals surface area contributed by atoms with Crippen molar-refractivity contribution in [2.24, 2.45) is 0 Å². The van der Waals surface area contributed by atoms with Crippen molar-refractivity contribution in [1.82, 2.24) is 15.1 Å². The second kappa shape index (κ2) is 5.31. The van der Waals surface area contributed by atoms with Gasteiger partial charge in [-0.2, -0.15) is 5.10 Å². The Morgan fingerprint density at radius 3 is 2.88 bits per heavy atom. The topological polar surface area (TPSA) is 90.0 Å². The van der Waals surface area contributed by atoms with Gasteiger partial charge in [-0.05, 0) is 18.9 Å². The number of nitrogens with two attached hydrogens (primary N) is 1. The van der Waals surface area contributed by atoms with Crippen molar-refractivity contribution in [2.75, 3.05) is 17.2 Å². The highest BCUT2D eigenvalue weighted by atomic mass is 32.2. The molecule has 1 fully saturated rings. The molecular weight excluding hydrogens is 240 g/mol. The Hall–Kier alpha value is -1.37. The van der Waals surface area contributed by atoms with Crippen LogP contribution in [0.25, 0.3) is 0 Å². The zero-order chi connectivity index (χ0) is 12.3. The van der Waals surface area contributed by atoms with E-state index in [1.54, 1.807) is 12.3 Å². The van der Waals surface area contributed by atoms with Crippen molar-refractivity contribution >= 4 is 22.5 Å². The van der Waals surface area contributed by atoms with Gasteiger partial charge in [0, 0.05) is 34.5 Å². The third kappa shape index (κ3) is 3.55. The molecule has 0 bridgehead atoms. The van der Waals surface area contributed by atoms with Gasteiger partial charge in [0.2, 0.25) is 5.91 Å². The summed E-state index contributed by atoms with van der Waals surface area (Å²) < 4.78 is 12.7. The molecule has 3 N–H and O–H groups in total. The number of carbonyl (C=O) groups is 1. The Labute approximate surface area is 102 Å². The summed E-state index contributed by atoms with van der Waals surface area (Å²) in [5.41, 5.74) is 5.46. The molecule has 2 rings (SSSR count). The first-order chi connectivity index (χ1) is 8.13. The maximum absolute atomic E-state index is 11.7. The number of rotatable bonds is 3. The highest BCUT2D eigenvalue weighted by Crippen LogP contribution is 2.09. The van der Waals surface area contributed by atoms with E-state index in [2.05, 4.69) is 10.4 Å². The fraction of sp³-hybridized carbons (Fsp3) is 0.600. The molecule has 0 unspecified atom stereocenters. The lowest BCUT2D eigenvalue weighted by Gasteiger charge is -2.22. The van der Waals surface area contributed by atoms with Crippen LogP contribution in [-0.4, -0.2) is 37.4 Å². The van der Waals surface area contributed by atoms with E-state index in [1.165, 1.54) is 4.68 Å². The van der Waals surface area contributed by atoms with Crippen LogP contribution in [0.3, 0.4) is 0 Å². The standard InChI is InChI=1S/C10H16N4O2S/c11-9-1-4-14(13-9)7-10(15)12-8-2-5-17(16)6-3-8/h1,4,8H,2-3,5-7H2,(H2,11,13)(H,12,15). The minimum atomic E-state index is -0.696. The zero-order valence-corrected chi connectivity index (χ0v) is 10.3. The molecule has 6 nitrogen and oxygen atoms in total. The minimum absolute atomic E-state index is 0.0780. The van der Waals surface area contributed by atoms with Crippen molar-refractivity contribution in [1.29, 1.82) is 0 Å². The number of nitrogens with zero attached hydrogens (tertiary/aromatic N) is 2. The summed E-state index contributed by atoms with van der Waals surface area (Å²) in [5.74, 6) is 1.69. The normalized spacial score (nSPS) is 24.5. The molecule has 94 valence electrons. The van der Waals surface area contributed by atoms with Crippen LogP contribution in [0, 0.1) is 0 Å². The molecule has 1 aliphatic heterocycles. The van der Waals surface area contributed by atoms with E-state index in [4.69, 9.17) is 5.73 Å². The van der Waals surface area contributed by atoms with Gasteiger partial charge in [0.1, 0.15) is 12.4 Å². The lowest BCUT2D eigenvalue weighted by molar-refractivity contribution is -0.122. The molecular formula is C10H16N4O2S. The molecule has 0 atom stereocenters. The number of hydrogen-bond donors (Lipinski definition) is 2. The van der Waals surface area contributed by atoms with Gasteiger partial charge >= 0.3 is 0 Å². The zero-order valence-electron chi connectivity index (χ0n) is 9.46. The maximum atomic E-state index is 11.7. The monoisotopic (exact) mass is 256 g/mol. The van der Waals surface area contributed by atoms with Crippen molar-refractivity contribution in [3.05, 3.63) is 12.3 Å². The summed E-state index contributed by atoms with van der Waals surface area (Å²) in [5, 5.41) is 6.86. The molecule has 1 amide bonds. The van der Waals surface area contributed by atoms with Gasteiger partial charge in [-0.15, -0.1) is 0 Å². The Morgan fingerprint density at radius 2 is 2.29 bits per heavy atom. The van der Waals surface area contributed by atoms with E-state index >= 15 is 0 Å². The van der Waals surface area contributed by atoms with Crippen LogP contribution < -0.4 is 11.1 Å². The molecule has 2 heterocycles. The third-order valence-electron chi connectivity index (χ3n) is 2.72. The number of hydrogen-bond acceptors (Lipinski definition) is 4. The predicted molar refractivity (Wildman–Crippen MR) is 65.7 cm³/mol. The number of aromatic nitrogens is 2. The summed E-state index contributed by atoms with van der Waals surface area (Å²) >= 11 is 0. The quantitative estimate of drug-likeness (QED) is 0.762.